The van der Waals surface area contributed by atoms with Gasteiger partial charge in [0.25, 0.3) is 5.56 Å². The van der Waals surface area contributed by atoms with E-state index in [9.17, 15) is 21.6 Å². The van der Waals surface area contributed by atoms with Gasteiger partial charge in [-0.2, -0.15) is 4.31 Å². The standard InChI is InChI=1S/C29H34ClN7O5S2/c30-25-10-6-5-7-21(25)19-37-28-26(33-35-37)29(38)32-27(31-28)20-15-17-36(18-16-20)44(41,42)24-13-11-23(12-14-24)43(39,40)34-22-8-3-1-2-4-9-22/h5-7,10-14,20,22,34H,1-4,8-9,15-19H2,(H,31,32,38). The second-order valence-corrected chi connectivity index (χ2v) is 15.5. The van der Waals surface area contributed by atoms with Crippen LogP contribution in [0.2, 0.25) is 5.02 Å². The third kappa shape index (κ3) is 6.45. The first kappa shape index (κ1) is 30.8. The van der Waals surface area contributed by atoms with Gasteiger partial charge in [0.05, 0.1) is 16.3 Å². The Hall–Kier alpha value is -3.17. The van der Waals surface area contributed by atoms with Gasteiger partial charge in [0.2, 0.25) is 20.0 Å². The van der Waals surface area contributed by atoms with Crippen LogP contribution in [0.3, 0.4) is 0 Å². The number of rotatable bonds is 8. The number of nitrogens with zero attached hydrogens (tertiary/aromatic N) is 5. The highest BCUT2D eigenvalue weighted by molar-refractivity contribution is 7.89. The van der Waals surface area contributed by atoms with Crippen molar-refractivity contribution in [1.82, 2.24) is 34.0 Å². The molecule has 0 atom stereocenters. The zero-order valence-corrected chi connectivity index (χ0v) is 26.4. The Morgan fingerprint density at radius 3 is 2.23 bits per heavy atom. The van der Waals surface area contributed by atoms with Crippen molar-refractivity contribution in [3.05, 3.63) is 75.3 Å². The SMILES string of the molecule is O=c1[nH]c(C2CCN(S(=O)(=O)c3ccc(S(=O)(=O)NC4CCCCCC4)cc3)CC2)nc2c1nnn2Cc1ccccc1Cl. The predicted octanol–water partition coefficient (Wildman–Crippen LogP) is 3.79. The molecule has 0 bridgehead atoms. The van der Waals surface area contributed by atoms with Crippen molar-refractivity contribution < 1.29 is 16.8 Å². The minimum atomic E-state index is -3.85. The highest BCUT2D eigenvalue weighted by Gasteiger charge is 2.32. The summed E-state index contributed by atoms with van der Waals surface area (Å²) in [5.41, 5.74) is 0.858. The summed E-state index contributed by atoms with van der Waals surface area (Å²) in [5.74, 6) is 0.280. The molecule has 0 unspecified atom stereocenters. The maximum atomic E-state index is 13.4. The molecule has 0 spiro atoms. The molecule has 4 aromatic rings. The van der Waals surface area contributed by atoms with Crippen LogP contribution < -0.4 is 10.3 Å². The van der Waals surface area contributed by atoms with Gasteiger partial charge in [-0.05, 0) is 61.6 Å². The number of aromatic amines is 1. The number of piperidine rings is 1. The molecule has 2 fully saturated rings. The Morgan fingerprint density at radius 1 is 0.886 bits per heavy atom. The number of aromatic nitrogens is 5. The topological polar surface area (TPSA) is 160 Å². The van der Waals surface area contributed by atoms with Gasteiger partial charge in [0, 0.05) is 30.1 Å². The maximum absolute atomic E-state index is 13.4. The Labute approximate surface area is 260 Å². The minimum absolute atomic E-state index is 0.0341. The van der Waals surface area contributed by atoms with Crippen molar-refractivity contribution in [3.8, 4) is 0 Å². The number of sulfonamides is 2. The number of hydrogen-bond donors (Lipinski definition) is 2. The maximum Gasteiger partial charge on any atom is 0.281 e. The Balaban J connectivity index is 1.14. The zero-order valence-electron chi connectivity index (χ0n) is 24.0. The van der Waals surface area contributed by atoms with Crippen molar-refractivity contribution in [2.24, 2.45) is 0 Å². The van der Waals surface area contributed by atoms with Crippen LogP contribution >= 0.6 is 11.6 Å². The number of fused-ring (bicyclic) bond motifs is 1. The highest BCUT2D eigenvalue weighted by Crippen LogP contribution is 2.30. The van der Waals surface area contributed by atoms with Crippen molar-refractivity contribution in [2.75, 3.05) is 13.1 Å². The van der Waals surface area contributed by atoms with Gasteiger partial charge < -0.3 is 4.98 Å². The van der Waals surface area contributed by atoms with Gasteiger partial charge in [-0.3, -0.25) is 4.79 Å². The zero-order chi connectivity index (χ0) is 30.9. The van der Waals surface area contributed by atoms with Crippen LogP contribution in [0.15, 0.2) is 63.1 Å². The molecule has 2 aromatic heterocycles. The van der Waals surface area contributed by atoms with E-state index < -0.39 is 25.6 Å². The van der Waals surface area contributed by atoms with Crippen LogP contribution in [0.4, 0.5) is 0 Å². The molecule has 1 saturated carbocycles. The first-order valence-electron chi connectivity index (χ1n) is 14.8. The van der Waals surface area contributed by atoms with Gasteiger partial charge >= 0.3 is 0 Å². The van der Waals surface area contributed by atoms with Crippen LogP contribution in [0.25, 0.3) is 11.2 Å². The summed E-state index contributed by atoms with van der Waals surface area (Å²) < 4.78 is 58.5. The third-order valence-corrected chi connectivity index (χ3v) is 12.3. The second kappa shape index (κ2) is 12.7. The molecule has 1 aliphatic heterocycles. The molecular formula is C29H34ClN7O5S2. The van der Waals surface area contributed by atoms with E-state index in [4.69, 9.17) is 11.6 Å². The summed E-state index contributed by atoms with van der Waals surface area (Å²) in [7, 11) is -7.60. The molecule has 2 aromatic carbocycles. The lowest BCUT2D eigenvalue weighted by Crippen LogP contribution is -2.38. The first-order valence-corrected chi connectivity index (χ1v) is 18.1. The Bertz CT molecular complexity index is 1910. The van der Waals surface area contributed by atoms with E-state index in [0.29, 0.717) is 35.9 Å². The fourth-order valence-electron chi connectivity index (χ4n) is 5.97. The van der Waals surface area contributed by atoms with E-state index in [-0.39, 0.29) is 40.4 Å². The number of nitrogens with one attached hydrogen (secondary N) is 2. The number of hydrogen-bond acceptors (Lipinski definition) is 8. The summed E-state index contributed by atoms with van der Waals surface area (Å²) in [6.07, 6.45) is 6.71. The molecule has 234 valence electrons. The molecule has 1 saturated heterocycles. The minimum Gasteiger partial charge on any atom is -0.308 e. The van der Waals surface area contributed by atoms with Crippen molar-refractivity contribution in [2.45, 2.75) is 79.7 Å². The molecule has 1 aliphatic carbocycles. The Kier molecular flexibility index (Phi) is 8.88. The largest absolute Gasteiger partial charge is 0.308 e. The fourth-order valence-corrected chi connectivity index (χ4v) is 8.94. The smallest absolute Gasteiger partial charge is 0.281 e. The van der Waals surface area contributed by atoms with Crippen molar-refractivity contribution in [1.29, 1.82) is 0 Å². The quantitative estimate of drug-likeness (QED) is 0.270. The molecular weight excluding hydrogens is 626 g/mol. The van der Waals surface area contributed by atoms with Gasteiger partial charge in [0.1, 0.15) is 5.82 Å². The predicted molar refractivity (Wildman–Crippen MR) is 165 cm³/mol. The van der Waals surface area contributed by atoms with Gasteiger partial charge in [-0.1, -0.05) is 60.7 Å². The van der Waals surface area contributed by atoms with E-state index in [1.165, 1.54) is 33.3 Å². The molecule has 44 heavy (non-hydrogen) atoms. The summed E-state index contributed by atoms with van der Waals surface area (Å²) in [6.45, 7) is 0.726. The highest BCUT2D eigenvalue weighted by atomic mass is 35.5. The van der Waals surface area contributed by atoms with E-state index in [2.05, 4.69) is 25.0 Å². The third-order valence-electron chi connectivity index (χ3n) is 8.46. The van der Waals surface area contributed by atoms with Crippen molar-refractivity contribution >= 4 is 42.8 Å². The average molecular weight is 660 g/mol. The van der Waals surface area contributed by atoms with Crippen LogP contribution in [0.1, 0.15) is 68.7 Å². The summed E-state index contributed by atoms with van der Waals surface area (Å²) in [4.78, 5) is 20.4. The molecule has 0 radical (unpaired) electrons. The summed E-state index contributed by atoms with van der Waals surface area (Å²) in [5, 5.41) is 8.67. The van der Waals surface area contributed by atoms with Gasteiger partial charge in [-0.25, -0.2) is 31.2 Å². The molecule has 2 aliphatic rings. The number of halogens is 1. The van der Waals surface area contributed by atoms with E-state index >= 15 is 0 Å². The van der Waals surface area contributed by atoms with Gasteiger partial charge in [0.15, 0.2) is 11.2 Å². The molecule has 2 N–H and O–H groups in total. The Morgan fingerprint density at radius 2 is 1.55 bits per heavy atom. The molecule has 15 heteroatoms. The lowest BCUT2D eigenvalue weighted by Gasteiger charge is -2.30. The van der Waals surface area contributed by atoms with E-state index in [1.54, 1.807) is 6.07 Å². The lowest BCUT2D eigenvalue weighted by molar-refractivity contribution is 0.313. The molecule has 12 nitrogen and oxygen atoms in total. The fraction of sp³-hybridized carbons (Fsp3) is 0.448. The van der Waals surface area contributed by atoms with E-state index in [0.717, 1.165) is 44.1 Å². The molecule has 6 rings (SSSR count). The lowest BCUT2D eigenvalue weighted by atomic mass is 9.97. The summed E-state index contributed by atoms with van der Waals surface area (Å²) >= 11 is 6.31. The van der Waals surface area contributed by atoms with Crippen LogP contribution in [0.5, 0.6) is 0 Å². The molecule has 3 heterocycles. The van der Waals surface area contributed by atoms with Crippen LogP contribution in [0, 0.1) is 0 Å². The number of benzene rings is 2. The monoisotopic (exact) mass is 659 g/mol. The van der Waals surface area contributed by atoms with Gasteiger partial charge in [-0.15, -0.1) is 5.10 Å². The van der Waals surface area contributed by atoms with E-state index in [1.807, 2.05) is 18.2 Å². The normalized spacial score (nSPS) is 18.0. The van der Waals surface area contributed by atoms with Crippen LogP contribution in [-0.2, 0) is 26.6 Å². The second-order valence-electron chi connectivity index (χ2n) is 11.4. The van der Waals surface area contributed by atoms with Crippen molar-refractivity contribution in [3.63, 3.8) is 0 Å². The number of H-pyrrole nitrogens is 1. The summed E-state index contributed by atoms with van der Waals surface area (Å²) in [6, 6.07) is 12.6. The first-order chi connectivity index (χ1) is 21.1. The average Bonchev–Trinajstić information content (AvgIpc) is 3.25. The molecule has 0 amide bonds. The van der Waals surface area contributed by atoms with Crippen LogP contribution in [-0.4, -0.2) is 65.2 Å².